The summed E-state index contributed by atoms with van der Waals surface area (Å²) in [6, 6.07) is 9.12. The van der Waals surface area contributed by atoms with Crippen LogP contribution in [0.1, 0.15) is 16.7 Å². The zero-order valence-corrected chi connectivity index (χ0v) is 10.3. The highest BCUT2D eigenvalue weighted by atomic mass is 16.3. The summed E-state index contributed by atoms with van der Waals surface area (Å²) in [4.78, 5) is 0. The first-order chi connectivity index (χ1) is 8.00. The van der Waals surface area contributed by atoms with Crippen LogP contribution in [0.5, 0.6) is 11.5 Å². The van der Waals surface area contributed by atoms with Gasteiger partial charge in [0.25, 0.3) is 0 Å². The fourth-order valence-corrected chi connectivity index (χ4v) is 2.10. The van der Waals surface area contributed by atoms with E-state index in [1.165, 1.54) is 0 Å². The van der Waals surface area contributed by atoms with Gasteiger partial charge in [-0.3, -0.25) is 0 Å². The number of phenolic OH excluding ortho intramolecular Hbond substituents is 2. The van der Waals surface area contributed by atoms with E-state index in [0.717, 1.165) is 27.8 Å². The van der Waals surface area contributed by atoms with Crippen LogP contribution in [0.2, 0.25) is 0 Å². The second kappa shape index (κ2) is 4.13. The molecule has 0 unspecified atom stereocenters. The molecule has 2 N–H and O–H groups in total. The third kappa shape index (κ3) is 1.98. The van der Waals surface area contributed by atoms with Crippen LogP contribution >= 0.6 is 0 Å². The first-order valence-electron chi connectivity index (χ1n) is 5.60. The van der Waals surface area contributed by atoms with Gasteiger partial charge < -0.3 is 10.2 Å². The van der Waals surface area contributed by atoms with E-state index in [0.29, 0.717) is 0 Å². The Kier molecular flexibility index (Phi) is 2.80. The normalized spacial score (nSPS) is 10.5. The Labute approximate surface area is 101 Å². The van der Waals surface area contributed by atoms with Crippen LogP contribution in [0.15, 0.2) is 30.3 Å². The first kappa shape index (κ1) is 11.5. The van der Waals surface area contributed by atoms with Crippen molar-refractivity contribution in [1.29, 1.82) is 0 Å². The molecule has 0 fully saturated rings. The second-order valence-electron chi connectivity index (χ2n) is 4.42. The second-order valence-corrected chi connectivity index (χ2v) is 4.42. The molecule has 2 aromatic carbocycles. The predicted octanol–water partition coefficient (Wildman–Crippen LogP) is 3.69. The lowest BCUT2D eigenvalue weighted by Gasteiger charge is -2.13. The van der Waals surface area contributed by atoms with Crippen LogP contribution in [0.25, 0.3) is 11.1 Å². The number of aryl methyl sites for hydroxylation is 2. The number of rotatable bonds is 1. The molecular weight excluding hydrogens is 212 g/mol. The molecule has 2 heteroatoms. The average molecular weight is 228 g/mol. The average Bonchev–Trinajstić information content (AvgIpc) is 2.27. The molecule has 0 saturated carbocycles. The predicted molar refractivity (Wildman–Crippen MR) is 69.4 cm³/mol. The highest BCUT2D eigenvalue weighted by Crippen LogP contribution is 2.37. The Morgan fingerprint density at radius 3 is 2.18 bits per heavy atom. The van der Waals surface area contributed by atoms with Gasteiger partial charge in [-0.1, -0.05) is 18.2 Å². The van der Waals surface area contributed by atoms with Crippen molar-refractivity contribution >= 4 is 0 Å². The molecule has 0 spiro atoms. The smallest absolute Gasteiger partial charge is 0.123 e. The van der Waals surface area contributed by atoms with Crippen molar-refractivity contribution in [2.75, 3.05) is 0 Å². The number of hydrogen-bond acceptors (Lipinski definition) is 2. The molecule has 0 aliphatic rings. The molecule has 2 rings (SSSR count). The number of hydrogen-bond donors (Lipinski definition) is 2. The maximum Gasteiger partial charge on any atom is 0.123 e. The molecule has 0 radical (unpaired) electrons. The third-order valence-corrected chi connectivity index (χ3v) is 3.07. The molecule has 2 aromatic rings. The van der Waals surface area contributed by atoms with Crippen LogP contribution in [0, 0.1) is 20.8 Å². The van der Waals surface area contributed by atoms with Gasteiger partial charge in [-0.2, -0.15) is 0 Å². The summed E-state index contributed by atoms with van der Waals surface area (Å²) in [7, 11) is 0. The SMILES string of the molecule is Cc1ccc(-c2c(C)ccc(O)c2C)c(O)c1. The summed E-state index contributed by atoms with van der Waals surface area (Å²) in [5.74, 6) is 0.507. The fraction of sp³-hybridized carbons (Fsp3) is 0.200. The van der Waals surface area contributed by atoms with Crippen molar-refractivity contribution in [3.05, 3.63) is 47.0 Å². The third-order valence-electron chi connectivity index (χ3n) is 3.07. The van der Waals surface area contributed by atoms with Crippen molar-refractivity contribution in [1.82, 2.24) is 0 Å². The van der Waals surface area contributed by atoms with Crippen LogP contribution in [0.4, 0.5) is 0 Å². The van der Waals surface area contributed by atoms with Gasteiger partial charge in [-0.15, -0.1) is 0 Å². The first-order valence-corrected chi connectivity index (χ1v) is 5.60. The summed E-state index contributed by atoms with van der Waals surface area (Å²) in [6.45, 7) is 5.77. The minimum Gasteiger partial charge on any atom is -0.508 e. The Balaban J connectivity index is 2.72. The fourth-order valence-electron chi connectivity index (χ4n) is 2.10. The Bertz CT molecular complexity index is 571. The molecule has 0 bridgehead atoms. The number of aromatic hydroxyl groups is 2. The summed E-state index contributed by atoms with van der Waals surface area (Å²) in [6.07, 6.45) is 0. The summed E-state index contributed by atoms with van der Waals surface area (Å²) in [5.41, 5.74) is 4.52. The molecule has 0 saturated heterocycles. The van der Waals surface area contributed by atoms with Crippen LogP contribution in [-0.4, -0.2) is 10.2 Å². The molecule has 0 aromatic heterocycles. The van der Waals surface area contributed by atoms with Gasteiger partial charge in [0, 0.05) is 5.56 Å². The van der Waals surface area contributed by atoms with Crippen molar-refractivity contribution < 1.29 is 10.2 Å². The van der Waals surface area contributed by atoms with Crippen molar-refractivity contribution in [3.8, 4) is 22.6 Å². The van der Waals surface area contributed by atoms with Crippen LogP contribution < -0.4 is 0 Å². The summed E-state index contributed by atoms with van der Waals surface area (Å²) >= 11 is 0. The van der Waals surface area contributed by atoms with Crippen molar-refractivity contribution in [3.63, 3.8) is 0 Å². The molecule has 2 nitrogen and oxygen atoms in total. The van der Waals surface area contributed by atoms with Crippen LogP contribution in [-0.2, 0) is 0 Å². The quantitative estimate of drug-likeness (QED) is 0.781. The molecular formula is C15H16O2. The molecule has 0 atom stereocenters. The topological polar surface area (TPSA) is 40.5 Å². The maximum absolute atomic E-state index is 10.0. The van der Waals surface area contributed by atoms with E-state index in [9.17, 15) is 10.2 Å². The van der Waals surface area contributed by atoms with Gasteiger partial charge in [-0.05, 0) is 55.2 Å². The lowest BCUT2D eigenvalue weighted by Crippen LogP contribution is -1.89. The molecule has 88 valence electrons. The number of phenols is 2. The van der Waals surface area contributed by atoms with Crippen molar-refractivity contribution in [2.24, 2.45) is 0 Å². The molecule has 0 aliphatic carbocycles. The molecule has 0 amide bonds. The van der Waals surface area contributed by atoms with E-state index in [1.807, 2.05) is 39.0 Å². The van der Waals surface area contributed by atoms with Gasteiger partial charge in [0.1, 0.15) is 11.5 Å². The number of benzene rings is 2. The zero-order chi connectivity index (χ0) is 12.6. The molecule has 0 aliphatic heterocycles. The Hall–Kier alpha value is -1.96. The summed E-state index contributed by atoms with van der Waals surface area (Å²) in [5, 5.41) is 19.8. The van der Waals surface area contributed by atoms with E-state index in [1.54, 1.807) is 12.1 Å². The van der Waals surface area contributed by atoms with E-state index < -0.39 is 0 Å². The van der Waals surface area contributed by atoms with Crippen LogP contribution in [0.3, 0.4) is 0 Å². The van der Waals surface area contributed by atoms with Crippen molar-refractivity contribution in [2.45, 2.75) is 20.8 Å². The van der Waals surface area contributed by atoms with Gasteiger partial charge in [0.15, 0.2) is 0 Å². The van der Waals surface area contributed by atoms with Gasteiger partial charge in [0.2, 0.25) is 0 Å². The highest BCUT2D eigenvalue weighted by molar-refractivity contribution is 5.77. The Morgan fingerprint density at radius 2 is 1.53 bits per heavy atom. The Morgan fingerprint density at radius 1 is 0.824 bits per heavy atom. The monoisotopic (exact) mass is 228 g/mol. The summed E-state index contributed by atoms with van der Waals surface area (Å²) < 4.78 is 0. The van der Waals surface area contributed by atoms with E-state index >= 15 is 0 Å². The maximum atomic E-state index is 10.0. The molecule has 0 heterocycles. The van der Waals surface area contributed by atoms with Gasteiger partial charge in [0.05, 0.1) is 0 Å². The largest absolute Gasteiger partial charge is 0.508 e. The highest BCUT2D eigenvalue weighted by Gasteiger charge is 2.12. The minimum absolute atomic E-state index is 0.252. The van der Waals surface area contributed by atoms with Gasteiger partial charge >= 0.3 is 0 Å². The zero-order valence-electron chi connectivity index (χ0n) is 10.3. The van der Waals surface area contributed by atoms with E-state index in [-0.39, 0.29) is 11.5 Å². The standard InChI is InChI=1S/C15H16O2/c1-9-4-6-12(14(17)8-9)15-10(2)5-7-13(16)11(15)3/h4-8,16-17H,1-3H3. The van der Waals surface area contributed by atoms with Gasteiger partial charge in [-0.25, -0.2) is 0 Å². The minimum atomic E-state index is 0.252. The lowest BCUT2D eigenvalue weighted by molar-refractivity contribution is 0.470. The molecule has 17 heavy (non-hydrogen) atoms. The van der Waals surface area contributed by atoms with E-state index in [2.05, 4.69) is 0 Å². The lowest BCUT2D eigenvalue weighted by atomic mass is 9.94. The van der Waals surface area contributed by atoms with E-state index in [4.69, 9.17) is 0 Å².